The first-order valence-corrected chi connectivity index (χ1v) is 15.7. The van der Waals surface area contributed by atoms with Crippen molar-refractivity contribution in [1.82, 2.24) is 9.88 Å². The molecule has 0 saturated carbocycles. The fourth-order valence-electron chi connectivity index (χ4n) is 6.33. The number of aryl methyl sites for hydroxylation is 1. The highest BCUT2D eigenvalue weighted by Gasteiger charge is 2.37. The molecular formula is C34H49F2N3O4. The summed E-state index contributed by atoms with van der Waals surface area (Å²) >= 11 is 0. The minimum Gasteiger partial charge on any atom is -0.491 e. The number of nitrogens with zero attached hydrogens (tertiary/aromatic N) is 3. The Balaban J connectivity index is 2.02. The maximum absolute atomic E-state index is 15.3. The summed E-state index contributed by atoms with van der Waals surface area (Å²) in [6.45, 7) is 15.4. The third-order valence-corrected chi connectivity index (χ3v) is 8.68. The lowest BCUT2D eigenvalue weighted by Gasteiger charge is -2.41. The number of anilines is 1. The molecule has 4 rings (SSSR count). The van der Waals surface area contributed by atoms with E-state index in [0.29, 0.717) is 53.4 Å². The SMILES string of the molecule is COc1c(F)cc(-c2c(CN3CCCCCCC3)nc(C)c([C@H](OC(C)(C)C)C(=O)O)c2N2CCC(C)(C)CC2)cc1F. The predicted molar refractivity (Wildman–Crippen MR) is 166 cm³/mol. The van der Waals surface area contributed by atoms with Crippen molar-refractivity contribution in [2.75, 3.05) is 38.2 Å². The van der Waals surface area contributed by atoms with E-state index < -0.39 is 35.1 Å². The number of hydrogen-bond donors (Lipinski definition) is 1. The van der Waals surface area contributed by atoms with Crippen LogP contribution in [0.25, 0.3) is 11.1 Å². The van der Waals surface area contributed by atoms with Crippen molar-refractivity contribution in [1.29, 1.82) is 0 Å². The molecule has 1 aromatic heterocycles. The van der Waals surface area contributed by atoms with E-state index in [-0.39, 0.29) is 5.41 Å². The van der Waals surface area contributed by atoms with Crippen LogP contribution in [0, 0.1) is 24.0 Å². The van der Waals surface area contributed by atoms with Crippen LogP contribution >= 0.6 is 0 Å². The van der Waals surface area contributed by atoms with Crippen molar-refractivity contribution in [2.24, 2.45) is 5.41 Å². The van der Waals surface area contributed by atoms with Gasteiger partial charge in [-0.15, -0.1) is 0 Å². The first kappa shape index (κ1) is 33.1. The molecule has 2 aromatic rings. The van der Waals surface area contributed by atoms with Gasteiger partial charge in [0.05, 0.1) is 24.1 Å². The Labute approximate surface area is 255 Å². The van der Waals surface area contributed by atoms with Gasteiger partial charge in [0, 0.05) is 36.5 Å². The minimum absolute atomic E-state index is 0.124. The number of likely N-dealkylation sites (tertiary alicyclic amines) is 1. The van der Waals surface area contributed by atoms with Gasteiger partial charge in [-0.3, -0.25) is 9.88 Å². The molecule has 0 amide bonds. The molecule has 238 valence electrons. The number of carboxylic acid groups (broad SMARTS) is 1. The van der Waals surface area contributed by atoms with E-state index in [2.05, 4.69) is 23.6 Å². The second-order valence-corrected chi connectivity index (χ2v) is 13.9. The lowest BCUT2D eigenvalue weighted by atomic mass is 9.81. The molecule has 0 spiro atoms. The van der Waals surface area contributed by atoms with Crippen molar-refractivity contribution < 1.29 is 28.2 Å². The molecule has 7 nitrogen and oxygen atoms in total. The van der Waals surface area contributed by atoms with Gasteiger partial charge in [-0.05, 0) is 89.6 Å². The molecular weight excluding hydrogens is 552 g/mol. The summed E-state index contributed by atoms with van der Waals surface area (Å²) < 4.78 is 41.8. The third-order valence-electron chi connectivity index (χ3n) is 8.68. The first-order chi connectivity index (χ1) is 20.2. The van der Waals surface area contributed by atoms with Crippen molar-refractivity contribution in [2.45, 2.75) is 105 Å². The molecule has 2 saturated heterocycles. The number of rotatable bonds is 8. The van der Waals surface area contributed by atoms with E-state index in [0.717, 1.165) is 38.8 Å². The maximum atomic E-state index is 15.3. The summed E-state index contributed by atoms with van der Waals surface area (Å²) in [6, 6.07) is 2.57. The largest absolute Gasteiger partial charge is 0.491 e. The minimum atomic E-state index is -1.32. The van der Waals surface area contributed by atoms with Gasteiger partial charge < -0.3 is 19.5 Å². The molecule has 3 heterocycles. The third kappa shape index (κ3) is 8.04. The summed E-state index contributed by atoms with van der Waals surface area (Å²) in [5, 5.41) is 10.5. The average Bonchev–Trinajstić information content (AvgIpc) is 2.88. The number of pyridine rings is 1. The number of ether oxygens (including phenoxy) is 2. The van der Waals surface area contributed by atoms with Gasteiger partial charge in [0.25, 0.3) is 0 Å². The normalized spacial score (nSPS) is 19.0. The van der Waals surface area contributed by atoms with E-state index in [1.807, 2.05) is 27.7 Å². The number of aliphatic carboxylic acids is 1. The topological polar surface area (TPSA) is 75.1 Å². The molecule has 1 N–H and O–H groups in total. The van der Waals surface area contributed by atoms with Gasteiger partial charge in [-0.1, -0.05) is 33.1 Å². The molecule has 0 aliphatic carbocycles. The van der Waals surface area contributed by atoms with E-state index in [9.17, 15) is 9.90 Å². The molecule has 1 aromatic carbocycles. The van der Waals surface area contributed by atoms with Crippen LogP contribution in [-0.2, 0) is 16.1 Å². The Bertz CT molecular complexity index is 1270. The molecule has 1 atom stereocenters. The monoisotopic (exact) mass is 601 g/mol. The number of benzene rings is 1. The number of carbonyl (C=O) groups is 1. The number of methoxy groups -OCH3 is 1. The van der Waals surface area contributed by atoms with Crippen LogP contribution in [0.4, 0.5) is 14.5 Å². The summed E-state index contributed by atoms with van der Waals surface area (Å²) in [6.07, 6.45) is 6.18. The number of hydrogen-bond acceptors (Lipinski definition) is 6. The second-order valence-electron chi connectivity index (χ2n) is 13.9. The zero-order valence-electron chi connectivity index (χ0n) is 27.0. The van der Waals surface area contributed by atoms with Crippen LogP contribution in [0.15, 0.2) is 12.1 Å². The molecule has 2 fully saturated rings. The van der Waals surface area contributed by atoms with Crippen LogP contribution in [-0.4, -0.2) is 59.8 Å². The molecule has 43 heavy (non-hydrogen) atoms. The van der Waals surface area contributed by atoms with Crippen LogP contribution in [0.1, 0.15) is 103 Å². The van der Waals surface area contributed by atoms with Gasteiger partial charge in [0.1, 0.15) is 0 Å². The fraction of sp³-hybridized carbons (Fsp3) is 0.647. The molecule has 0 radical (unpaired) electrons. The van der Waals surface area contributed by atoms with Crippen molar-refractivity contribution in [3.8, 4) is 16.9 Å². The number of halogens is 2. The van der Waals surface area contributed by atoms with Crippen LogP contribution < -0.4 is 9.64 Å². The summed E-state index contributed by atoms with van der Waals surface area (Å²) in [5.41, 5.74) is 2.55. The van der Waals surface area contributed by atoms with Crippen molar-refractivity contribution >= 4 is 11.7 Å². The Morgan fingerprint density at radius 3 is 2.09 bits per heavy atom. The van der Waals surface area contributed by atoms with Gasteiger partial charge in [-0.25, -0.2) is 13.6 Å². The van der Waals surface area contributed by atoms with Gasteiger partial charge in [-0.2, -0.15) is 0 Å². The highest BCUT2D eigenvalue weighted by atomic mass is 19.1. The quantitative estimate of drug-likeness (QED) is 0.333. The Morgan fingerprint density at radius 2 is 1.58 bits per heavy atom. The number of piperidine rings is 1. The summed E-state index contributed by atoms with van der Waals surface area (Å²) in [4.78, 5) is 22.4. The van der Waals surface area contributed by atoms with Gasteiger partial charge in [0.2, 0.25) is 0 Å². The standard InChI is InChI=1S/C34H49F2N3O4/c1-22-27(31(32(40)41)43-33(2,3)4)29(39-17-13-34(5,6)14-18-39)28(23-19-24(35)30(42-7)25(36)20-23)26(37-22)21-38-15-11-9-8-10-12-16-38/h19-20,31H,8-18,21H2,1-7H3,(H,40,41)/t31-/m0/s1. The van der Waals surface area contributed by atoms with E-state index in [1.54, 1.807) is 0 Å². The Kier molecular flexibility index (Phi) is 10.4. The van der Waals surface area contributed by atoms with E-state index >= 15 is 8.78 Å². The second kappa shape index (κ2) is 13.5. The highest BCUT2D eigenvalue weighted by Crippen LogP contribution is 2.46. The number of aromatic nitrogens is 1. The van der Waals surface area contributed by atoms with E-state index in [4.69, 9.17) is 14.5 Å². The lowest BCUT2D eigenvalue weighted by molar-refractivity contribution is -0.160. The average molecular weight is 602 g/mol. The van der Waals surface area contributed by atoms with Crippen molar-refractivity contribution in [3.05, 3.63) is 40.7 Å². The first-order valence-electron chi connectivity index (χ1n) is 15.7. The zero-order valence-corrected chi connectivity index (χ0v) is 27.0. The lowest BCUT2D eigenvalue weighted by Crippen LogP contribution is -2.39. The predicted octanol–water partition coefficient (Wildman–Crippen LogP) is 7.68. The zero-order chi connectivity index (χ0) is 31.5. The number of carboxylic acids is 1. The fourth-order valence-corrected chi connectivity index (χ4v) is 6.33. The highest BCUT2D eigenvalue weighted by molar-refractivity contribution is 5.88. The van der Waals surface area contributed by atoms with Gasteiger partial charge >= 0.3 is 5.97 Å². The van der Waals surface area contributed by atoms with Crippen molar-refractivity contribution in [3.63, 3.8) is 0 Å². The molecule has 9 heteroatoms. The molecule has 2 aliphatic heterocycles. The van der Waals surface area contributed by atoms with Gasteiger partial charge in [0.15, 0.2) is 23.5 Å². The maximum Gasteiger partial charge on any atom is 0.337 e. The molecule has 2 aliphatic rings. The Morgan fingerprint density at radius 1 is 1.02 bits per heavy atom. The van der Waals surface area contributed by atoms with E-state index in [1.165, 1.54) is 38.5 Å². The Hall–Kier alpha value is -2.78. The van der Waals surface area contributed by atoms with Crippen LogP contribution in [0.3, 0.4) is 0 Å². The van der Waals surface area contributed by atoms with Crippen LogP contribution in [0.5, 0.6) is 5.75 Å². The summed E-state index contributed by atoms with van der Waals surface area (Å²) in [5.74, 6) is -3.21. The van der Waals surface area contributed by atoms with Crippen LogP contribution in [0.2, 0.25) is 0 Å². The smallest absolute Gasteiger partial charge is 0.337 e. The summed E-state index contributed by atoms with van der Waals surface area (Å²) in [7, 11) is 1.24. The molecule has 0 unspecified atom stereocenters. The molecule has 0 bridgehead atoms.